The Morgan fingerprint density at radius 2 is 2.10 bits per heavy atom. The van der Waals surface area contributed by atoms with E-state index in [-0.39, 0.29) is 11.9 Å². The molecule has 1 saturated carbocycles. The summed E-state index contributed by atoms with van der Waals surface area (Å²) in [7, 11) is 0. The van der Waals surface area contributed by atoms with E-state index in [0.29, 0.717) is 12.6 Å². The highest BCUT2D eigenvalue weighted by Crippen LogP contribution is 2.18. The largest absolute Gasteiger partial charge is 0.352 e. The van der Waals surface area contributed by atoms with Crippen molar-refractivity contribution in [2.75, 3.05) is 6.54 Å². The summed E-state index contributed by atoms with van der Waals surface area (Å²) in [5.41, 5.74) is 1.19. The van der Waals surface area contributed by atoms with Gasteiger partial charge in [-0.25, -0.2) is 0 Å². The third kappa shape index (κ3) is 4.91. The Morgan fingerprint density at radius 1 is 1.35 bits per heavy atom. The lowest BCUT2D eigenvalue weighted by atomic mass is 9.95. The molecule has 0 heterocycles. The predicted molar refractivity (Wildman–Crippen MR) is 85.6 cm³/mol. The molecule has 1 fully saturated rings. The van der Waals surface area contributed by atoms with E-state index in [4.69, 9.17) is 0 Å². The van der Waals surface area contributed by atoms with Gasteiger partial charge in [0.1, 0.15) is 0 Å². The zero-order valence-corrected chi connectivity index (χ0v) is 13.6. The molecule has 1 aromatic carbocycles. The van der Waals surface area contributed by atoms with E-state index in [0.717, 1.165) is 17.3 Å². The standard InChI is InChI=1S/C16H23BrN2O/c1-12(13-6-5-7-14(17)10-13)18-11-16(20)19-15-8-3-2-4-9-15/h5-7,10,12,15,18H,2-4,8-9,11H2,1H3,(H,19,20)/t12-/m0/s1. The fourth-order valence-corrected chi connectivity index (χ4v) is 3.08. The second-order valence-electron chi connectivity index (χ2n) is 5.56. The molecule has 1 aromatic rings. The number of carbonyl (C=O) groups excluding carboxylic acids is 1. The first kappa shape index (κ1) is 15.5. The van der Waals surface area contributed by atoms with Crippen LogP contribution in [0.5, 0.6) is 0 Å². The summed E-state index contributed by atoms with van der Waals surface area (Å²) in [5, 5.41) is 6.41. The summed E-state index contributed by atoms with van der Waals surface area (Å²) < 4.78 is 1.07. The van der Waals surface area contributed by atoms with E-state index < -0.39 is 0 Å². The van der Waals surface area contributed by atoms with Crippen molar-refractivity contribution >= 4 is 21.8 Å². The molecule has 1 amide bonds. The minimum atomic E-state index is 0.110. The van der Waals surface area contributed by atoms with Gasteiger partial charge in [-0.1, -0.05) is 47.3 Å². The van der Waals surface area contributed by atoms with Crippen molar-refractivity contribution in [2.45, 2.75) is 51.1 Å². The maximum atomic E-state index is 11.9. The number of nitrogens with one attached hydrogen (secondary N) is 2. The molecule has 0 spiro atoms. The second-order valence-corrected chi connectivity index (χ2v) is 6.48. The SMILES string of the molecule is C[C@H](NCC(=O)NC1CCCCC1)c1cccc(Br)c1. The number of amides is 1. The average molecular weight is 339 g/mol. The highest BCUT2D eigenvalue weighted by molar-refractivity contribution is 9.10. The highest BCUT2D eigenvalue weighted by Gasteiger charge is 2.16. The molecular weight excluding hydrogens is 316 g/mol. The molecular formula is C16H23BrN2O. The van der Waals surface area contributed by atoms with Gasteiger partial charge in [-0.2, -0.15) is 0 Å². The van der Waals surface area contributed by atoms with Gasteiger partial charge in [-0.15, -0.1) is 0 Å². The van der Waals surface area contributed by atoms with Crippen molar-refractivity contribution < 1.29 is 4.79 Å². The molecule has 1 aliphatic carbocycles. The minimum Gasteiger partial charge on any atom is -0.352 e. The first-order valence-corrected chi connectivity index (χ1v) is 8.22. The van der Waals surface area contributed by atoms with Crippen LogP contribution in [0, 0.1) is 0 Å². The van der Waals surface area contributed by atoms with Crippen LogP contribution in [0.1, 0.15) is 50.6 Å². The zero-order chi connectivity index (χ0) is 14.4. The lowest BCUT2D eigenvalue weighted by Gasteiger charge is -2.23. The number of benzene rings is 1. The van der Waals surface area contributed by atoms with Crippen LogP contribution >= 0.6 is 15.9 Å². The number of halogens is 1. The molecule has 2 rings (SSSR count). The third-order valence-electron chi connectivity index (χ3n) is 3.89. The van der Waals surface area contributed by atoms with E-state index in [9.17, 15) is 4.79 Å². The van der Waals surface area contributed by atoms with Crippen molar-refractivity contribution in [2.24, 2.45) is 0 Å². The molecule has 0 aromatic heterocycles. The van der Waals surface area contributed by atoms with Crippen molar-refractivity contribution in [1.29, 1.82) is 0 Å². The molecule has 1 atom stereocenters. The van der Waals surface area contributed by atoms with E-state index >= 15 is 0 Å². The lowest BCUT2D eigenvalue weighted by Crippen LogP contribution is -2.41. The first-order chi connectivity index (χ1) is 9.65. The van der Waals surface area contributed by atoms with Crippen molar-refractivity contribution in [3.8, 4) is 0 Å². The summed E-state index contributed by atoms with van der Waals surface area (Å²) in [4.78, 5) is 11.9. The average Bonchev–Trinajstić information content (AvgIpc) is 2.46. The zero-order valence-electron chi connectivity index (χ0n) is 12.0. The van der Waals surface area contributed by atoms with Gasteiger partial charge in [-0.3, -0.25) is 4.79 Å². The quantitative estimate of drug-likeness (QED) is 0.861. The molecule has 2 N–H and O–H groups in total. The van der Waals surface area contributed by atoms with Crippen molar-refractivity contribution in [1.82, 2.24) is 10.6 Å². The predicted octanol–water partition coefficient (Wildman–Crippen LogP) is 3.55. The molecule has 110 valence electrons. The fourth-order valence-electron chi connectivity index (χ4n) is 2.67. The van der Waals surface area contributed by atoms with E-state index in [2.05, 4.69) is 45.6 Å². The van der Waals surface area contributed by atoms with Crippen LogP contribution in [-0.4, -0.2) is 18.5 Å². The van der Waals surface area contributed by atoms with Crippen LogP contribution in [0.15, 0.2) is 28.7 Å². The van der Waals surface area contributed by atoms with Crippen LogP contribution in [0.2, 0.25) is 0 Å². The Labute approximate surface area is 129 Å². The molecule has 0 aliphatic heterocycles. The first-order valence-electron chi connectivity index (χ1n) is 7.43. The Hall–Kier alpha value is -0.870. The van der Waals surface area contributed by atoms with Crippen LogP contribution in [-0.2, 0) is 4.79 Å². The summed E-state index contributed by atoms with van der Waals surface area (Å²) in [5.74, 6) is 0.110. The van der Waals surface area contributed by atoms with Crippen molar-refractivity contribution in [3.05, 3.63) is 34.3 Å². The molecule has 0 radical (unpaired) electrons. The number of rotatable bonds is 5. The van der Waals surface area contributed by atoms with Gasteiger partial charge in [-0.05, 0) is 37.5 Å². The molecule has 0 saturated heterocycles. The number of hydrogen-bond donors (Lipinski definition) is 2. The number of hydrogen-bond acceptors (Lipinski definition) is 2. The summed E-state index contributed by atoms with van der Waals surface area (Å²) in [6.45, 7) is 2.46. The maximum absolute atomic E-state index is 11.9. The molecule has 4 heteroatoms. The normalized spacial score (nSPS) is 17.7. The van der Waals surface area contributed by atoms with Crippen LogP contribution < -0.4 is 10.6 Å². The Kier molecular flexibility index (Phi) is 6.05. The third-order valence-corrected chi connectivity index (χ3v) is 4.38. The second kappa shape index (κ2) is 7.79. The van der Waals surface area contributed by atoms with Crippen LogP contribution in [0.25, 0.3) is 0 Å². The van der Waals surface area contributed by atoms with Crippen LogP contribution in [0.4, 0.5) is 0 Å². The van der Waals surface area contributed by atoms with Gasteiger partial charge in [0.15, 0.2) is 0 Å². The van der Waals surface area contributed by atoms with Gasteiger partial charge in [0.2, 0.25) is 5.91 Å². The van der Waals surface area contributed by atoms with Gasteiger partial charge in [0.25, 0.3) is 0 Å². The van der Waals surface area contributed by atoms with Gasteiger partial charge in [0, 0.05) is 16.6 Å². The minimum absolute atomic E-state index is 0.110. The van der Waals surface area contributed by atoms with Crippen molar-refractivity contribution in [3.63, 3.8) is 0 Å². The van der Waals surface area contributed by atoms with Gasteiger partial charge < -0.3 is 10.6 Å². The summed E-state index contributed by atoms with van der Waals surface area (Å²) in [6, 6.07) is 8.73. The maximum Gasteiger partial charge on any atom is 0.234 e. The Bertz CT molecular complexity index is 444. The summed E-state index contributed by atoms with van der Waals surface area (Å²) >= 11 is 3.47. The Balaban J connectivity index is 1.75. The number of carbonyl (C=O) groups is 1. The van der Waals surface area contributed by atoms with E-state index in [1.54, 1.807) is 0 Å². The fraction of sp³-hybridized carbons (Fsp3) is 0.562. The monoisotopic (exact) mass is 338 g/mol. The molecule has 1 aliphatic rings. The van der Waals surface area contributed by atoms with Gasteiger partial charge in [0.05, 0.1) is 6.54 Å². The van der Waals surface area contributed by atoms with E-state index in [1.165, 1.54) is 24.8 Å². The molecule has 20 heavy (non-hydrogen) atoms. The topological polar surface area (TPSA) is 41.1 Å². The van der Waals surface area contributed by atoms with Gasteiger partial charge >= 0.3 is 0 Å². The smallest absolute Gasteiger partial charge is 0.234 e. The van der Waals surface area contributed by atoms with Crippen LogP contribution in [0.3, 0.4) is 0 Å². The lowest BCUT2D eigenvalue weighted by molar-refractivity contribution is -0.121. The molecule has 0 unspecified atom stereocenters. The summed E-state index contributed by atoms with van der Waals surface area (Å²) in [6.07, 6.45) is 6.06. The van der Waals surface area contributed by atoms with E-state index in [1.807, 2.05) is 12.1 Å². The highest BCUT2D eigenvalue weighted by atomic mass is 79.9. The Morgan fingerprint density at radius 3 is 2.80 bits per heavy atom. The molecule has 0 bridgehead atoms. The molecule has 3 nitrogen and oxygen atoms in total.